The van der Waals surface area contributed by atoms with Gasteiger partial charge in [-0.1, -0.05) is 6.07 Å². The lowest BCUT2D eigenvalue weighted by Gasteiger charge is -2.31. The summed E-state index contributed by atoms with van der Waals surface area (Å²) in [6, 6.07) is 6.96. The lowest BCUT2D eigenvalue weighted by molar-refractivity contribution is 0.282. The van der Waals surface area contributed by atoms with Gasteiger partial charge in [-0.3, -0.25) is 0 Å². The first-order chi connectivity index (χ1) is 8.88. The normalized spacial score (nSPS) is 22.2. The van der Waals surface area contributed by atoms with Gasteiger partial charge in [-0.05, 0) is 42.5 Å². The van der Waals surface area contributed by atoms with Gasteiger partial charge in [0, 0.05) is 35.7 Å². The quantitative estimate of drug-likeness (QED) is 0.803. The van der Waals surface area contributed by atoms with Crippen LogP contribution in [0.3, 0.4) is 0 Å². The van der Waals surface area contributed by atoms with E-state index in [0.717, 1.165) is 18.7 Å². The topological polar surface area (TPSA) is 37.2 Å². The average molecular weight is 242 g/mol. The second-order valence-electron chi connectivity index (χ2n) is 5.42. The van der Waals surface area contributed by atoms with Gasteiger partial charge in [-0.2, -0.15) is 0 Å². The molecule has 0 saturated carbocycles. The zero-order chi connectivity index (χ0) is 12.1. The van der Waals surface area contributed by atoms with Gasteiger partial charge in [0.2, 0.25) is 0 Å². The van der Waals surface area contributed by atoms with Crippen molar-refractivity contribution in [2.75, 3.05) is 6.54 Å². The van der Waals surface area contributed by atoms with E-state index in [1.54, 1.807) is 0 Å². The number of hydrogen-bond donors (Lipinski definition) is 2. The monoisotopic (exact) mass is 242 g/mol. The Bertz CT molecular complexity index is 612. The predicted octanol–water partition coefficient (Wildman–Crippen LogP) is 2.11. The molecule has 2 aliphatic rings. The molecule has 0 radical (unpaired) electrons. The Labute approximate surface area is 106 Å². The molecule has 1 atom stereocenters. The summed E-state index contributed by atoms with van der Waals surface area (Å²) < 4.78 is 2.49. The molecule has 0 bridgehead atoms. The molecule has 2 heterocycles. The van der Waals surface area contributed by atoms with Gasteiger partial charge in [0.15, 0.2) is 0 Å². The molecular formula is C15H18N2O. The van der Waals surface area contributed by atoms with Crippen LogP contribution in [-0.2, 0) is 19.6 Å². The molecule has 2 N–H and O–H groups in total. The second-order valence-corrected chi connectivity index (χ2v) is 5.42. The largest absolute Gasteiger partial charge is 0.392 e. The summed E-state index contributed by atoms with van der Waals surface area (Å²) in [6.45, 7) is 2.28. The number of nitrogens with one attached hydrogen (secondary N) is 1. The molecule has 1 aromatic heterocycles. The third kappa shape index (κ3) is 1.32. The Morgan fingerprint density at radius 3 is 3.22 bits per heavy atom. The molecule has 1 aromatic carbocycles. The van der Waals surface area contributed by atoms with Crippen molar-refractivity contribution in [3.05, 3.63) is 35.0 Å². The summed E-state index contributed by atoms with van der Waals surface area (Å²) in [5, 5.41) is 14.3. The Hall–Kier alpha value is -1.32. The third-order valence-corrected chi connectivity index (χ3v) is 4.44. The maximum absolute atomic E-state index is 9.31. The fourth-order valence-electron chi connectivity index (χ4n) is 3.66. The number of fused-ring (bicyclic) bond motifs is 3. The van der Waals surface area contributed by atoms with E-state index in [1.165, 1.54) is 41.4 Å². The van der Waals surface area contributed by atoms with Crippen molar-refractivity contribution < 1.29 is 5.11 Å². The average Bonchev–Trinajstić information content (AvgIpc) is 2.76. The van der Waals surface area contributed by atoms with Crippen LogP contribution < -0.4 is 5.32 Å². The minimum atomic E-state index is 0.136. The van der Waals surface area contributed by atoms with E-state index < -0.39 is 0 Å². The van der Waals surface area contributed by atoms with Crippen LogP contribution in [0.4, 0.5) is 0 Å². The van der Waals surface area contributed by atoms with E-state index >= 15 is 0 Å². The highest BCUT2D eigenvalue weighted by Gasteiger charge is 2.29. The molecule has 0 spiro atoms. The van der Waals surface area contributed by atoms with Crippen molar-refractivity contribution in [3.8, 4) is 0 Å². The standard InChI is InChI=1S/C15H18N2O/c18-9-10-4-5-14-12(8-10)11-2-1-3-13-15(11)17(14)7-6-16-13/h4-5,8,13,16,18H,1-3,6-7,9H2/t13-/m1/s1. The molecule has 3 nitrogen and oxygen atoms in total. The van der Waals surface area contributed by atoms with Crippen molar-refractivity contribution >= 4 is 10.9 Å². The molecule has 1 aliphatic carbocycles. The first-order valence-corrected chi connectivity index (χ1v) is 6.86. The second kappa shape index (κ2) is 3.84. The number of nitrogens with zero attached hydrogens (tertiary/aromatic N) is 1. The number of aliphatic hydroxyl groups excluding tert-OH is 1. The van der Waals surface area contributed by atoms with Crippen LogP contribution in [0, 0.1) is 0 Å². The van der Waals surface area contributed by atoms with Gasteiger partial charge in [0.1, 0.15) is 0 Å². The Morgan fingerprint density at radius 1 is 1.39 bits per heavy atom. The summed E-state index contributed by atoms with van der Waals surface area (Å²) in [5.74, 6) is 0. The van der Waals surface area contributed by atoms with Gasteiger partial charge in [0.25, 0.3) is 0 Å². The maximum atomic E-state index is 9.31. The van der Waals surface area contributed by atoms with Crippen molar-refractivity contribution in [1.29, 1.82) is 0 Å². The van der Waals surface area contributed by atoms with Gasteiger partial charge >= 0.3 is 0 Å². The van der Waals surface area contributed by atoms with Crippen LogP contribution in [0.2, 0.25) is 0 Å². The minimum absolute atomic E-state index is 0.136. The van der Waals surface area contributed by atoms with Crippen LogP contribution in [0.1, 0.15) is 35.7 Å². The van der Waals surface area contributed by atoms with E-state index in [2.05, 4.69) is 22.0 Å². The molecule has 1 aliphatic heterocycles. The van der Waals surface area contributed by atoms with Gasteiger partial charge in [-0.15, -0.1) is 0 Å². The smallest absolute Gasteiger partial charge is 0.0682 e. The van der Waals surface area contributed by atoms with E-state index in [0.29, 0.717) is 6.04 Å². The number of aliphatic hydroxyl groups is 1. The number of hydrogen-bond acceptors (Lipinski definition) is 2. The SMILES string of the molecule is OCc1ccc2c(c1)c1c3n2CCN[C@@H]3CCC1. The van der Waals surface area contributed by atoms with Crippen molar-refractivity contribution in [2.24, 2.45) is 0 Å². The van der Waals surface area contributed by atoms with E-state index in [-0.39, 0.29) is 6.61 Å². The lowest BCUT2D eigenvalue weighted by atomic mass is 9.90. The molecule has 0 fully saturated rings. The first-order valence-electron chi connectivity index (χ1n) is 6.86. The van der Waals surface area contributed by atoms with Crippen LogP contribution in [0.15, 0.2) is 18.2 Å². The molecule has 18 heavy (non-hydrogen) atoms. The van der Waals surface area contributed by atoms with E-state index in [1.807, 2.05) is 6.07 Å². The molecule has 94 valence electrons. The van der Waals surface area contributed by atoms with Crippen LogP contribution in [0.5, 0.6) is 0 Å². The van der Waals surface area contributed by atoms with Gasteiger partial charge < -0.3 is 15.0 Å². The summed E-state index contributed by atoms with van der Waals surface area (Å²) in [5.41, 5.74) is 5.41. The van der Waals surface area contributed by atoms with E-state index in [4.69, 9.17) is 0 Å². The summed E-state index contributed by atoms with van der Waals surface area (Å²) in [6.07, 6.45) is 3.72. The Balaban J connectivity index is 2.05. The van der Waals surface area contributed by atoms with Gasteiger partial charge in [0.05, 0.1) is 6.61 Å². The minimum Gasteiger partial charge on any atom is -0.392 e. The molecule has 0 amide bonds. The van der Waals surface area contributed by atoms with Gasteiger partial charge in [-0.25, -0.2) is 0 Å². The third-order valence-electron chi connectivity index (χ3n) is 4.44. The van der Waals surface area contributed by atoms with Crippen molar-refractivity contribution in [1.82, 2.24) is 9.88 Å². The van der Waals surface area contributed by atoms with Crippen LogP contribution in [-0.4, -0.2) is 16.2 Å². The molecule has 0 unspecified atom stereocenters. The number of aryl methyl sites for hydroxylation is 1. The highest BCUT2D eigenvalue weighted by Crippen LogP contribution is 2.39. The molecule has 3 heteroatoms. The maximum Gasteiger partial charge on any atom is 0.0682 e. The fourth-order valence-corrected chi connectivity index (χ4v) is 3.66. The summed E-state index contributed by atoms with van der Waals surface area (Å²) >= 11 is 0. The number of aromatic nitrogens is 1. The molecule has 2 aromatic rings. The highest BCUT2D eigenvalue weighted by molar-refractivity contribution is 5.87. The zero-order valence-electron chi connectivity index (χ0n) is 10.4. The van der Waals surface area contributed by atoms with Crippen molar-refractivity contribution in [2.45, 2.75) is 38.5 Å². The predicted molar refractivity (Wildman–Crippen MR) is 71.5 cm³/mol. The molecular weight excluding hydrogens is 224 g/mol. The zero-order valence-corrected chi connectivity index (χ0v) is 10.4. The van der Waals surface area contributed by atoms with Crippen LogP contribution in [0.25, 0.3) is 10.9 Å². The molecule has 0 saturated heterocycles. The number of rotatable bonds is 1. The lowest BCUT2D eigenvalue weighted by Crippen LogP contribution is -2.35. The molecule has 4 rings (SSSR count). The number of benzene rings is 1. The van der Waals surface area contributed by atoms with Crippen LogP contribution >= 0.6 is 0 Å². The highest BCUT2D eigenvalue weighted by atomic mass is 16.3. The fraction of sp³-hybridized carbons (Fsp3) is 0.467. The van der Waals surface area contributed by atoms with E-state index in [9.17, 15) is 5.11 Å². The summed E-state index contributed by atoms with van der Waals surface area (Å²) in [7, 11) is 0. The Kier molecular flexibility index (Phi) is 2.26. The van der Waals surface area contributed by atoms with Crippen molar-refractivity contribution in [3.63, 3.8) is 0 Å². The first kappa shape index (κ1) is 10.6. The Morgan fingerprint density at radius 2 is 2.33 bits per heavy atom. The summed E-state index contributed by atoms with van der Waals surface area (Å²) in [4.78, 5) is 0.